The molecule has 2 aromatic rings. The first-order valence-electron chi connectivity index (χ1n) is 13.2. The molecule has 16 nitrogen and oxygen atoms in total. The Morgan fingerprint density at radius 1 is 1.05 bits per heavy atom. The van der Waals surface area contributed by atoms with Crippen molar-refractivity contribution in [2.45, 2.75) is 70.4 Å². The lowest BCUT2D eigenvalue weighted by Crippen LogP contribution is -2.42. The number of carbonyl (C=O) groups excluding carboxylic acids is 3. The van der Waals surface area contributed by atoms with E-state index in [1.165, 1.54) is 0 Å². The van der Waals surface area contributed by atoms with E-state index in [1.807, 2.05) is 20.8 Å². The lowest BCUT2D eigenvalue weighted by molar-refractivity contribution is -0.143. The van der Waals surface area contributed by atoms with Crippen molar-refractivity contribution in [1.29, 1.82) is 0 Å². The third-order valence-electron chi connectivity index (χ3n) is 6.92. The Morgan fingerprint density at radius 3 is 2.26 bits per heavy atom. The van der Waals surface area contributed by atoms with Crippen molar-refractivity contribution >= 4 is 45.4 Å². The number of nitrogens with two attached hydrogens (primary N) is 4. The van der Waals surface area contributed by atoms with E-state index in [4.69, 9.17) is 32.4 Å². The number of esters is 1. The van der Waals surface area contributed by atoms with Crippen molar-refractivity contribution in [1.82, 2.24) is 20.0 Å². The molecule has 43 heavy (non-hydrogen) atoms. The van der Waals surface area contributed by atoms with Crippen LogP contribution < -0.4 is 37.7 Å². The molecule has 234 valence electrons. The van der Waals surface area contributed by atoms with Gasteiger partial charge in [-0.05, 0) is 64.2 Å². The second-order valence-electron chi connectivity index (χ2n) is 10.7. The molecule has 0 fully saturated rings. The van der Waals surface area contributed by atoms with E-state index < -0.39 is 62.5 Å². The molecule has 17 heteroatoms. The Kier molecular flexibility index (Phi) is 9.38. The van der Waals surface area contributed by atoms with Crippen LogP contribution >= 0.6 is 0 Å². The molecule has 1 atom stereocenters. The average molecular weight is 620 g/mol. The number of amides is 2. The van der Waals surface area contributed by atoms with Crippen molar-refractivity contribution in [2.75, 3.05) is 25.1 Å². The van der Waals surface area contributed by atoms with Crippen molar-refractivity contribution in [2.24, 2.45) is 16.5 Å². The second-order valence-corrected chi connectivity index (χ2v) is 12.3. The molecule has 1 aliphatic heterocycles. The Morgan fingerprint density at radius 2 is 1.65 bits per heavy atom. The smallest absolute Gasteiger partial charge is 0.328 e. The molecule has 10 N–H and O–H groups in total. The van der Waals surface area contributed by atoms with Gasteiger partial charge in [-0.1, -0.05) is 0 Å². The van der Waals surface area contributed by atoms with E-state index in [2.05, 4.69) is 25.0 Å². The van der Waals surface area contributed by atoms with Crippen LogP contribution in [-0.4, -0.2) is 67.4 Å². The Hall–Kier alpha value is -4.67. The normalized spacial score (nSPS) is 14.8. The molecule has 1 unspecified atom stereocenters. The molecule has 0 aliphatic carbocycles. The number of hydrogen-bond donors (Lipinski definition) is 6. The first-order valence-corrected chi connectivity index (χ1v) is 14.6. The second kappa shape index (κ2) is 12.3. The van der Waals surface area contributed by atoms with E-state index in [-0.39, 0.29) is 30.2 Å². The summed E-state index contributed by atoms with van der Waals surface area (Å²) in [6.45, 7) is 9.14. The number of nitrogens with one attached hydrogen (secondary N) is 2. The third-order valence-corrected chi connectivity index (χ3v) is 8.55. The number of rotatable bonds is 10. The van der Waals surface area contributed by atoms with Gasteiger partial charge in [-0.15, -0.1) is 0 Å². The van der Waals surface area contributed by atoms with Gasteiger partial charge < -0.3 is 37.7 Å². The maximum Gasteiger partial charge on any atom is 0.328 e. The van der Waals surface area contributed by atoms with Crippen molar-refractivity contribution in [3.8, 4) is 5.75 Å². The van der Waals surface area contributed by atoms with Gasteiger partial charge in [0, 0.05) is 18.5 Å². The minimum absolute atomic E-state index is 0.00310. The number of aromatic nitrogens is 2. The number of methoxy groups -OCH3 is 1. The highest BCUT2D eigenvalue weighted by atomic mass is 32.2. The predicted octanol–water partition coefficient (Wildman–Crippen LogP) is -0.277. The molecule has 0 radical (unpaired) electrons. The number of hydrogen-bond acceptors (Lipinski definition) is 12. The molecule has 0 spiro atoms. The summed E-state index contributed by atoms with van der Waals surface area (Å²) in [5.41, 5.74) is 23.8. The number of anilines is 2. The minimum atomic E-state index is -4.09. The lowest BCUT2D eigenvalue weighted by atomic mass is 9.94. The highest BCUT2D eigenvalue weighted by Crippen LogP contribution is 2.43. The van der Waals surface area contributed by atoms with Crippen LogP contribution in [0, 0.1) is 20.8 Å². The van der Waals surface area contributed by atoms with Crippen LogP contribution in [0.4, 0.5) is 11.6 Å². The molecular formula is C26H37N9O7S. The maximum atomic E-state index is 13.4. The number of nitrogens with zero attached hydrogens (tertiary/aromatic N) is 3. The van der Waals surface area contributed by atoms with Crippen LogP contribution in [0.25, 0.3) is 0 Å². The highest BCUT2D eigenvalue weighted by Gasteiger charge is 2.36. The summed E-state index contributed by atoms with van der Waals surface area (Å²) < 4.78 is 39.8. The zero-order valence-corrected chi connectivity index (χ0v) is 25.6. The van der Waals surface area contributed by atoms with E-state index in [1.54, 1.807) is 13.8 Å². The topological polar surface area (TPSA) is 270 Å². The first-order chi connectivity index (χ1) is 19.9. The van der Waals surface area contributed by atoms with E-state index >= 15 is 0 Å². The van der Waals surface area contributed by atoms with Gasteiger partial charge in [0.05, 0.1) is 12.0 Å². The van der Waals surface area contributed by atoms with Gasteiger partial charge in [0.15, 0.2) is 23.0 Å². The van der Waals surface area contributed by atoms with Crippen LogP contribution in [0.1, 0.15) is 69.9 Å². The Labute approximate surface area is 249 Å². The summed E-state index contributed by atoms with van der Waals surface area (Å²) in [6, 6.07) is -1.16. The summed E-state index contributed by atoms with van der Waals surface area (Å²) in [5.74, 6) is -3.13. The largest absolute Gasteiger partial charge is 0.487 e. The summed E-state index contributed by atoms with van der Waals surface area (Å²) in [7, 11) is -2.96. The van der Waals surface area contributed by atoms with Crippen molar-refractivity contribution in [3.05, 3.63) is 33.6 Å². The van der Waals surface area contributed by atoms with Gasteiger partial charge in [-0.2, -0.15) is 0 Å². The first kappa shape index (κ1) is 32.8. The van der Waals surface area contributed by atoms with E-state index in [0.29, 0.717) is 23.3 Å². The van der Waals surface area contributed by atoms with E-state index in [9.17, 15) is 22.8 Å². The molecule has 1 aromatic carbocycles. The standard InChI is InChI=1S/C26H37N9O7S/c1-11-12(2)19(13(3)14-10-26(4,5)42-18(11)14)43(39,40)35-25(30)31-9-7-8-15(24(38)41-6)32-23(37)17-21(28)33-16(22(29)36)20(27)34-17/h15H,7-10H2,1-6H3,(H2,27,34)(H2,28,33)(H2,29,36)(H,32,37)(H3,30,31,35). The molecule has 2 heterocycles. The van der Waals surface area contributed by atoms with Crippen LogP contribution in [0.15, 0.2) is 9.89 Å². The molecule has 0 saturated heterocycles. The quantitative estimate of drug-likeness (QED) is 0.0867. The van der Waals surface area contributed by atoms with Crippen LogP contribution in [0.5, 0.6) is 5.75 Å². The molecule has 1 aromatic heterocycles. The Bertz CT molecular complexity index is 1620. The van der Waals surface area contributed by atoms with Crippen LogP contribution in [-0.2, 0) is 26.0 Å². The predicted molar refractivity (Wildman–Crippen MR) is 158 cm³/mol. The van der Waals surface area contributed by atoms with Gasteiger partial charge >= 0.3 is 5.97 Å². The van der Waals surface area contributed by atoms with Crippen LogP contribution in [0.2, 0.25) is 0 Å². The number of sulfonamides is 1. The summed E-state index contributed by atoms with van der Waals surface area (Å²) in [5, 5.41) is 2.42. The fourth-order valence-electron chi connectivity index (χ4n) is 4.79. The monoisotopic (exact) mass is 619 g/mol. The van der Waals surface area contributed by atoms with Gasteiger partial charge in [0.2, 0.25) is 5.96 Å². The SMILES string of the molecule is COC(=O)C(CCCN=C(N)NS(=O)(=O)c1c(C)c(C)c2c(c1C)CC(C)(C)O2)NC(=O)c1nc(N)c(C(N)=O)nc1N. The van der Waals surface area contributed by atoms with E-state index in [0.717, 1.165) is 18.2 Å². The zero-order valence-electron chi connectivity index (χ0n) is 24.8. The van der Waals surface area contributed by atoms with Gasteiger partial charge in [0.25, 0.3) is 21.8 Å². The fraction of sp³-hybridized carbons (Fsp3) is 0.462. The number of nitrogen functional groups attached to an aromatic ring is 2. The molecule has 2 amide bonds. The summed E-state index contributed by atoms with van der Waals surface area (Å²) in [6.07, 6.45) is 0.779. The number of fused-ring (bicyclic) bond motifs is 1. The zero-order chi connectivity index (χ0) is 32.4. The van der Waals surface area contributed by atoms with Crippen molar-refractivity contribution < 1.29 is 32.3 Å². The number of aliphatic imine (C=N–C) groups is 1. The number of primary amides is 1. The van der Waals surface area contributed by atoms with Gasteiger partial charge in [-0.25, -0.2) is 27.9 Å². The Balaban J connectivity index is 1.69. The summed E-state index contributed by atoms with van der Waals surface area (Å²) >= 11 is 0. The molecular weight excluding hydrogens is 582 g/mol. The maximum absolute atomic E-state index is 13.4. The third kappa shape index (κ3) is 7.04. The number of ether oxygens (including phenoxy) is 2. The van der Waals surface area contributed by atoms with Gasteiger partial charge in [-0.3, -0.25) is 14.6 Å². The van der Waals surface area contributed by atoms with Crippen molar-refractivity contribution in [3.63, 3.8) is 0 Å². The molecule has 0 saturated carbocycles. The number of benzene rings is 1. The highest BCUT2D eigenvalue weighted by molar-refractivity contribution is 7.90. The van der Waals surface area contributed by atoms with Gasteiger partial charge in [0.1, 0.15) is 17.4 Å². The molecule has 3 rings (SSSR count). The molecule has 0 bridgehead atoms. The number of carbonyl (C=O) groups is 3. The number of guanidine groups is 1. The average Bonchev–Trinajstić information content (AvgIpc) is 3.24. The summed E-state index contributed by atoms with van der Waals surface area (Å²) in [4.78, 5) is 48.1. The fourth-order valence-corrected chi connectivity index (χ4v) is 6.32. The minimum Gasteiger partial charge on any atom is -0.487 e. The van der Waals surface area contributed by atoms with Crippen LogP contribution in [0.3, 0.4) is 0 Å². The lowest BCUT2D eigenvalue weighted by Gasteiger charge is -2.19. The molecule has 1 aliphatic rings.